The van der Waals surface area contributed by atoms with Crippen LogP contribution < -0.4 is 4.90 Å². The number of carbonyl (C=O) groups excluding carboxylic acids is 1. The van der Waals surface area contributed by atoms with Crippen molar-refractivity contribution in [3.63, 3.8) is 0 Å². The number of carbonyl (C=O) groups is 3. The van der Waals surface area contributed by atoms with Gasteiger partial charge >= 0.3 is 11.9 Å². The molecule has 0 radical (unpaired) electrons. The normalized spacial score (nSPS) is 13.8. The Bertz CT molecular complexity index is 904. The lowest BCUT2D eigenvalue weighted by molar-refractivity contribution is -0.159. The van der Waals surface area contributed by atoms with E-state index in [1.807, 2.05) is 17.0 Å². The summed E-state index contributed by atoms with van der Waals surface area (Å²) in [7, 11) is 2.10. The Morgan fingerprint density at radius 3 is 2.32 bits per heavy atom. The van der Waals surface area contributed by atoms with E-state index >= 15 is 0 Å². The van der Waals surface area contributed by atoms with Crippen molar-refractivity contribution in [2.75, 3.05) is 25.0 Å². The van der Waals surface area contributed by atoms with Crippen molar-refractivity contribution in [2.24, 2.45) is 0 Å². The predicted molar refractivity (Wildman–Crippen MR) is 116 cm³/mol. The molecule has 0 saturated heterocycles. The van der Waals surface area contributed by atoms with E-state index in [-0.39, 0.29) is 17.7 Å². The smallest absolute Gasteiger partial charge is 0.414 e. The van der Waals surface area contributed by atoms with Crippen LogP contribution in [-0.4, -0.2) is 64.2 Å². The summed E-state index contributed by atoms with van der Waals surface area (Å²) in [5, 5.41) is 24.6. The first-order chi connectivity index (χ1) is 14.7. The Kier molecular flexibility index (Phi) is 8.57. The van der Waals surface area contributed by atoms with Crippen LogP contribution in [0, 0.1) is 0 Å². The van der Waals surface area contributed by atoms with Crippen molar-refractivity contribution in [1.29, 1.82) is 0 Å². The fraction of sp³-hybridized carbons (Fsp3) is 0.348. The van der Waals surface area contributed by atoms with Gasteiger partial charge in [0.15, 0.2) is 0 Å². The molecular formula is C23H28N2O6. The SMILES string of the molecule is CC(CN1C(=O)CCc2ccc(O)cc21)N(C)CCc1ccccc1.O=C(O)C(=O)O. The molecule has 0 aromatic heterocycles. The Morgan fingerprint density at radius 2 is 1.71 bits per heavy atom. The zero-order valence-corrected chi connectivity index (χ0v) is 17.7. The highest BCUT2D eigenvalue weighted by Crippen LogP contribution is 2.31. The first kappa shape index (κ1) is 23.9. The highest BCUT2D eigenvalue weighted by molar-refractivity contribution is 6.27. The van der Waals surface area contributed by atoms with Gasteiger partial charge in [0, 0.05) is 31.6 Å². The van der Waals surface area contributed by atoms with Crippen LogP contribution >= 0.6 is 0 Å². The molecule has 1 heterocycles. The first-order valence-corrected chi connectivity index (χ1v) is 10.0. The third-order valence-corrected chi connectivity index (χ3v) is 5.25. The number of phenolic OH excluding ortho intramolecular Hbond substituents is 1. The molecule has 0 bridgehead atoms. The Labute approximate surface area is 181 Å². The number of aryl methyl sites for hydroxylation is 1. The molecule has 3 N–H and O–H groups in total. The molecule has 0 aliphatic carbocycles. The molecular weight excluding hydrogens is 400 g/mol. The average Bonchev–Trinajstić information content (AvgIpc) is 2.75. The first-order valence-electron chi connectivity index (χ1n) is 10.0. The maximum atomic E-state index is 12.4. The lowest BCUT2D eigenvalue weighted by atomic mass is 10.00. The van der Waals surface area contributed by atoms with Crippen molar-refractivity contribution >= 4 is 23.5 Å². The van der Waals surface area contributed by atoms with Crippen molar-refractivity contribution in [3.8, 4) is 5.75 Å². The summed E-state index contributed by atoms with van der Waals surface area (Å²) in [4.78, 5) is 34.8. The fourth-order valence-electron chi connectivity index (χ4n) is 3.30. The van der Waals surface area contributed by atoms with E-state index in [1.54, 1.807) is 12.1 Å². The number of phenols is 1. The van der Waals surface area contributed by atoms with Crippen LogP contribution in [0.5, 0.6) is 5.75 Å². The number of aliphatic carboxylic acids is 2. The lowest BCUT2D eigenvalue weighted by Gasteiger charge is -2.34. The summed E-state index contributed by atoms with van der Waals surface area (Å²) in [6.45, 7) is 3.73. The van der Waals surface area contributed by atoms with Crippen molar-refractivity contribution in [3.05, 3.63) is 59.7 Å². The molecule has 8 nitrogen and oxygen atoms in total. The molecule has 2 aromatic carbocycles. The lowest BCUT2D eigenvalue weighted by Crippen LogP contribution is -2.45. The molecule has 1 amide bonds. The largest absolute Gasteiger partial charge is 0.508 e. The maximum Gasteiger partial charge on any atom is 0.414 e. The predicted octanol–water partition coefficient (Wildman–Crippen LogP) is 2.39. The van der Waals surface area contributed by atoms with Crippen molar-refractivity contribution in [1.82, 2.24) is 4.90 Å². The molecule has 3 rings (SSSR count). The minimum absolute atomic E-state index is 0.140. The second-order valence-electron chi connectivity index (χ2n) is 7.49. The van der Waals surface area contributed by atoms with E-state index in [2.05, 4.69) is 43.1 Å². The molecule has 0 spiro atoms. The quantitative estimate of drug-likeness (QED) is 0.605. The van der Waals surface area contributed by atoms with Gasteiger partial charge < -0.3 is 25.1 Å². The van der Waals surface area contributed by atoms with Crippen LogP contribution in [0.15, 0.2) is 48.5 Å². The standard InChI is InChI=1S/C21H26N2O2.C2H2O4/c1-16(22(2)13-12-17-6-4-3-5-7-17)15-23-20-14-19(24)10-8-18(20)9-11-21(23)25;3-1(4)2(5)6/h3-8,10,14,16,24H,9,11-13,15H2,1-2H3;(H,3,4)(H,5,6). The molecule has 2 aromatic rings. The van der Waals surface area contributed by atoms with E-state index in [0.29, 0.717) is 13.0 Å². The van der Waals surface area contributed by atoms with Gasteiger partial charge in [0.2, 0.25) is 5.91 Å². The van der Waals surface area contributed by atoms with Gasteiger partial charge in [-0.05, 0) is 44.0 Å². The van der Waals surface area contributed by atoms with Crippen LogP contribution in [0.3, 0.4) is 0 Å². The summed E-state index contributed by atoms with van der Waals surface area (Å²) < 4.78 is 0. The molecule has 166 valence electrons. The molecule has 0 saturated carbocycles. The number of aromatic hydroxyl groups is 1. The topological polar surface area (TPSA) is 118 Å². The summed E-state index contributed by atoms with van der Waals surface area (Å²) in [6, 6.07) is 16.0. The molecule has 1 unspecified atom stereocenters. The van der Waals surface area contributed by atoms with Gasteiger partial charge in [0.1, 0.15) is 5.75 Å². The number of fused-ring (bicyclic) bond motifs is 1. The average molecular weight is 428 g/mol. The summed E-state index contributed by atoms with van der Waals surface area (Å²) >= 11 is 0. The van der Waals surface area contributed by atoms with Gasteiger partial charge in [0.05, 0.1) is 5.69 Å². The number of amides is 1. The minimum atomic E-state index is -1.82. The van der Waals surface area contributed by atoms with E-state index in [0.717, 1.165) is 30.6 Å². The van der Waals surface area contributed by atoms with Crippen LogP contribution in [0.4, 0.5) is 5.69 Å². The molecule has 1 aliphatic rings. The summed E-state index contributed by atoms with van der Waals surface area (Å²) in [6.07, 6.45) is 2.29. The number of likely N-dealkylation sites (N-methyl/N-ethyl adjacent to an activating group) is 1. The van der Waals surface area contributed by atoms with Gasteiger partial charge in [-0.2, -0.15) is 0 Å². The van der Waals surface area contributed by atoms with Crippen LogP contribution in [0.25, 0.3) is 0 Å². The van der Waals surface area contributed by atoms with Gasteiger partial charge in [0.25, 0.3) is 0 Å². The number of anilines is 1. The second kappa shape index (κ2) is 11.1. The number of nitrogens with zero attached hydrogens (tertiary/aromatic N) is 2. The van der Waals surface area contributed by atoms with Gasteiger partial charge in [-0.3, -0.25) is 4.79 Å². The monoisotopic (exact) mass is 428 g/mol. The van der Waals surface area contributed by atoms with Gasteiger partial charge in [-0.15, -0.1) is 0 Å². The number of carboxylic acid groups (broad SMARTS) is 2. The second-order valence-corrected chi connectivity index (χ2v) is 7.49. The van der Waals surface area contributed by atoms with Crippen molar-refractivity contribution < 1.29 is 29.7 Å². The highest BCUT2D eigenvalue weighted by Gasteiger charge is 2.26. The fourth-order valence-corrected chi connectivity index (χ4v) is 3.30. The summed E-state index contributed by atoms with van der Waals surface area (Å²) in [5.74, 6) is -3.30. The zero-order chi connectivity index (χ0) is 23.0. The van der Waals surface area contributed by atoms with Gasteiger partial charge in [-0.25, -0.2) is 9.59 Å². The zero-order valence-electron chi connectivity index (χ0n) is 17.7. The van der Waals surface area contributed by atoms with Crippen LogP contribution in [0.2, 0.25) is 0 Å². The maximum absolute atomic E-state index is 12.4. The van der Waals surface area contributed by atoms with Crippen LogP contribution in [-0.2, 0) is 27.2 Å². The van der Waals surface area contributed by atoms with E-state index < -0.39 is 11.9 Å². The van der Waals surface area contributed by atoms with E-state index in [9.17, 15) is 9.90 Å². The highest BCUT2D eigenvalue weighted by atomic mass is 16.4. The molecule has 8 heteroatoms. The van der Waals surface area contributed by atoms with E-state index in [1.165, 1.54) is 5.56 Å². The Morgan fingerprint density at radius 1 is 1.06 bits per heavy atom. The Balaban J connectivity index is 0.000000501. The number of benzene rings is 2. The minimum Gasteiger partial charge on any atom is -0.508 e. The third-order valence-electron chi connectivity index (χ3n) is 5.25. The number of rotatable bonds is 6. The van der Waals surface area contributed by atoms with Crippen LogP contribution in [0.1, 0.15) is 24.5 Å². The number of carboxylic acids is 2. The van der Waals surface area contributed by atoms with E-state index in [4.69, 9.17) is 19.8 Å². The number of hydrogen-bond acceptors (Lipinski definition) is 5. The summed E-state index contributed by atoms with van der Waals surface area (Å²) in [5.41, 5.74) is 3.32. The third kappa shape index (κ3) is 7.11. The molecule has 31 heavy (non-hydrogen) atoms. The van der Waals surface area contributed by atoms with Crippen molar-refractivity contribution in [2.45, 2.75) is 32.2 Å². The molecule has 1 aliphatic heterocycles. The molecule has 1 atom stereocenters. The van der Waals surface area contributed by atoms with Gasteiger partial charge in [-0.1, -0.05) is 36.4 Å². The Hall–Kier alpha value is -3.39. The molecule has 0 fully saturated rings. The number of hydrogen-bond donors (Lipinski definition) is 3.